The third-order valence-electron chi connectivity index (χ3n) is 5.84. The van der Waals surface area contributed by atoms with Gasteiger partial charge in [0.05, 0.1) is 23.9 Å². The number of halogens is 1. The van der Waals surface area contributed by atoms with E-state index in [0.717, 1.165) is 15.5 Å². The Kier molecular flexibility index (Phi) is 6.37. The van der Waals surface area contributed by atoms with Crippen molar-refractivity contribution in [3.63, 3.8) is 0 Å². The van der Waals surface area contributed by atoms with E-state index in [9.17, 15) is 14.4 Å². The molecule has 11 heteroatoms. The molecule has 2 aliphatic rings. The van der Waals surface area contributed by atoms with E-state index in [0.29, 0.717) is 36.1 Å². The maximum Gasteiger partial charge on any atom is 0.409 e. The number of rotatable bonds is 5. The highest BCUT2D eigenvalue weighted by atomic mass is 35.5. The van der Waals surface area contributed by atoms with Crippen LogP contribution in [-0.4, -0.2) is 65.0 Å². The molecule has 8 nitrogen and oxygen atoms in total. The number of carbonyl (C=O) groups excluding carboxylic acids is 2. The van der Waals surface area contributed by atoms with Gasteiger partial charge >= 0.3 is 12.1 Å². The number of aromatic nitrogens is 1. The SMILES string of the molecule is COC(=O)N1CCC2(C1)CN(C(=O)Cc1ncc(SC(C)C(=O)O)s1)c1ccc(Cl)cc12. The second-order valence-corrected chi connectivity index (χ2v) is 11.1. The topological polar surface area (TPSA) is 100 Å². The van der Waals surface area contributed by atoms with E-state index >= 15 is 0 Å². The van der Waals surface area contributed by atoms with Crippen LogP contribution in [0.4, 0.5) is 10.5 Å². The highest BCUT2D eigenvalue weighted by molar-refractivity contribution is 8.02. The van der Waals surface area contributed by atoms with Gasteiger partial charge in [-0.25, -0.2) is 9.78 Å². The Morgan fingerprint density at radius 1 is 1.38 bits per heavy atom. The third-order valence-corrected chi connectivity index (χ3v) is 8.30. The van der Waals surface area contributed by atoms with Crippen LogP contribution in [0.3, 0.4) is 0 Å². The van der Waals surface area contributed by atoms with Crippen molar-refractivity contribution in [1.29, 1.82) is 0 Å². The summed E-state index contributed by atoms with van der Waals surface area (Å²) in [7, 11) is 1.36. The fraction of sp³-hybridized carbons (Fsp3) is 0.429. The van der Waals surface area contributed by atoms with Crippen molar-refractivity contribution in [2.75, 3.05) is 31.6 Å². The van der Waals surface area contributed by atoms with Gasteiger partial charge in [-0.15, -0.1) is 11.3 Å². The minimum Gasteiger partial charge on any atom is -0.480 e. The standard InChI is InChI=1S/C21H22ClN3O5S2/c1-12(19(27)28)31-18-9-23-16(32-18)8-17(26)25-11-21(5-6-24(10-21)20(29)30-2)14-7-13(22)3-4-15(14)25/h3-4,7,9,12H,5-6,8,10-11H2,1-2H3,(H,27,28). The fourth-order valence-corrected chi connectivity index (χ4v) is 6.54. The van der Waals surface area contributed by atoms with Gasteiger partial charge < -0.3 is 19.6 Å². The van der Waals surface area contributed by atoms with Gasteiger partial charge in [-0.3, -0.25) is 9.59 Å². The van der Waals surface area contributed by atoms with Gasteiger partial charge in [0, 0.05) is 35.8 Å². The van der Waals surface area contributed by atoms with Crippen LogP contribution in [0.1, 0.15) is 23.9 Å². The minimum atomic E-state index is -0.892. The lowest BCUT2D eigenvalue weighted by Crippen LogP contribution is -2.40. The summed E-state index contributed by atoms with van der Waals surface area (Å²) in [5, 5.41) is 9.71. The molecule has 1 aromatic heterocycles. The number of likely N-dealkylation sites (tertiary alicyclic amines) is 1. The molecule has 32 heavy (non-hydrogen) atoms. The highest BCUT2D eigenvalue weighted by Crippen LogP contribution is 2.47. The summed E-state index contributed by atoms with van der Waals surface area (Å²) in [4.78, 5) is 44.1. The van der Waals surface area contributed by atoms with Crippen molar-refractivity contribution in [3.8, 4) is 0 Å². The van der Waals surface area contributed by atoms with E-state index in [1.807, 2.05) is 12.1 Å². The first kappa shape index (κ1) is 22.9. The van der Waals surface area contributed by atoms with Crippen LogP contribution >= 0.6 is 34.7 Å². The summed E-state index contributed by atoms with van der Waals surface area (Å²) in [6, 6.07) is 5.50. The number of carbonyl (C=O) groups is 3. The molecule has 2 aliphatic heterocycles. The summed E-state index contributed by atoms with van der Waals surface area (Å²) in [5.74, 6) is -0.990. The number of nitrogens with zero attached hydrogens (tertiary/aromatic N) is 3. The van der Waals surface area contributed by atoms with Crippen molar-refractivity contribution in [2.45, 2.75) is 34.6 Å². The Morgan fingerprint density at radius 3 is 2.88 bits per heavy atom. The number of anilines is 1. The Hall–Kier alpha value is -2.30. The molecule has 1 aromatic carbocycles. The number of benzene rings is 1. The van der Waals surface area contributed by atoms with E-state index in [1.54, 1.807) is 29.0 Å². The number of ether oxygens (including phenoxy) is 1. The maximum atomic E-state index is 13.3. The van der Waals surface area contributed by atoms with Crippen LogP contribution < -0.4 is 4.90 Å². The number of aliphatic carboxylic acids is 1. The zero-order valence-electron chi connectivity index (χ0n) is 17.5. The predicted octanol–water partition coefficient (Wildman–Crippen LogP) is 3.66. The molecular weight excluding hydrogens is 474 g/mol. The molecule has 1 saturated heterocycles. The maximum absolute atomic E-state index is 13.3. The average Bonchev–Trinajstić information content (AvgIpc) is 3.46. The number of methoxy groups -OCH3 is 1. The monoisotopic (exact) mass is 495 g/mol. The van der Waals surface area contributed by atoms with Crippen molar-refractivity contribution in [1.82, 2.24) is 9.88 Å². The van der Waals surface area contributed by atoms with Crippen molar-refractivity contribution < 1.29 is 24.2 Å². The number of carboxylic acids is 1. The van der Waals surface area contributed by atoms with Crippen molar-refractivity contribution >= 4 is 58.4 Å². The van der Waals surface area contributed by atoms with E-state index in [-0.39, 0.29) is 23.8 Å². The van der Waals surface area contributed by atoms with Crippen LogP contribution in [0.5, 0.6) is 0 Å². The van der Waals surface area contributed by atoms with Crippen molar-refractivity contribution in [3.05, 3.63) is 40.0 Å². The first-order valence-electron chi connectivity index (χ1n) is 10.00. The Labute approximate surface area is 198 Å². The number of fused-ring (bicyclic) bond motifs is 2. The molecule has 170 valence electrons. The number of carboxylic acid groups (broad SMARTS) is 1. The van der Waals surface area contributed by atoms with Crippen LogP contribution in [0.25, 0.3) is 0 Å². The van der Waals surface area contributed by atoms with E-state index in [1.165, 1.54) is 30.2 Å². The molecule has 2 atom stereocenters. The Bertz CT molecular complexity index is 1080. The number of thiazole rings is 1. The van der Waals surface area contributed by atoms with Gasteiger partial charge in [-0.05, 0) is 37.1 Å². The lowest BCUT2D eigenvalue weighted by Gasteiger charge is -2.25. The van der Waals surface area contributed by atoms with Gasteiger partial charge in [-0.2, -0.15) is 0 Å². The lowest BCUT2D eigenvalue weighted by atomic mass is 9.81. The van der Waals surface area contributed by atoms with Gasteiger partial charge in [-0.1, -0.05) is 23.4 Å². The number of hydrogen-bond acceptors (Lipinski definition) is 7. The van der Waals surface area contributed by atoms with Crippen LogP contribution in [0, 0.1) is 0 Å². The van der Waals surface area contributed by atoms with E-state index in [2.05, 4.69) is 4.98 Å². The number of thioether (sulfide) groups is 1. The normalized spacial score (nSPS) is 20.5. The zero-order valence-corrected chi connectivity index (χ0v) is 19.9. The van der Waals surface area contributed by atoms with E-state index < -0.39 is 11.2 Å². The quantitative estimate of drug-likeness (QED) is 0.632. The largest absolute Gasteiger partial charge is 0.480 e. The molecule has 2 unspecified atom stereocenters. The smallest absolute Gasteiger partial charge is 0.409 e. The number of hydrogen-bond donors (Lipinski definition) is 1. The molecule has 3 heterocycles. The molecule has 0 aliphatic carbocycles. The second-order valence-electron chi connectivity index (χ2n) is 7.91. The molecule has 1 N–H and O–H groups in total. The molecule has 0 saturated carbocycles. The predicted molar refractivity (Wildman–Crippen MR) is 123 cm³/mol. The summed E-state index contributed by atoms with van der Waals surface area (Å²) in [6.45, 7) is 3.08. The summed E-state index contributed by atoms with van der Waals surface area (Å²) >= 11 is 8.81. The highest BCUT2D eigenvalue weighted by Gasteiger charge is 2.50. The van der Waals surface area contributed by atoms with Gasteiger partial charge in [0.25, 0.3) is 0 Å². The van der Waals surface area contributed by atoms with Crippen LogP contribution in [0.2, 0.25) is 5.02 Å². The Balaban J connectivity index is 1.53. The van der Waals surface area contributed by atoms with E-state index in [4.69, 9.17) is 21.4 Å². The molecule has 1 spiro atoms. The zero-order chi connectivity index (χ0) is 23.0. The van der Waals surface area contributed by atoms with Crippen molar-refractivity contribution in [2.24, 2.45) is 0 Å². The number of amides is 2. The van der Waals surface area contributed by atoms with Gasteiger partial charge in [0.15, 0.2) is 0 Å². The molecule has 2 aromatic rings. The molecule has 2 amide bonds. The summed E-state index contributed by atoms with van der Waals surface area (Å²) < 4.78 is 5.64. The molecule has 1 fully saturated rings. The van der Waals surface area contributed by atoms with Crippen LogP contribution in [-0.2, 0) is 26.2 Å². The lowest BCUT2D eigenvalue weighted by molar-refractivity contribution is -0.136. The fourth-order valence-electron chi connectivity index (χ4n) is 4.25. The Morgan fingerprint density at radius 2 is 2.16 bits per heavy atom. The first-order valence-corrected chi connectivity index (χ1v) is 12.1. The van der Waals surface area contributed by atoms with Gasteiger partial charge in [0.2, 0.25) is 5.91 Å². The first-order chi connectivity index (χ1) is 15.2. The summed E-state index contributed by atoms with van der Waals surface area (Å²) in [6.07, 6.45) is 2.07. The molecule has 0 radical (unpaired) electrons. The minimum absolute atomic E-state index is 0.0980. The average molecular weight is 496 g/mol. The third kappa shape index (κ3) is 4.31. The molecule has 4 rings (SSSR count). The second kappa shape index (κ2) is 8.92. The van der Waals surface area contributed by atoms with Crippen LogP contribution in [0.15, 0.2) is 28.6 Å². The molecule has 0 bridgehead atoms. The molecular formula is C21H22ClN3O5S2. The van der Waals surface area contributed by atoms with Gasteiger partial charge in [0.1, 0.15) is 10.3 Å². The summed E-state index contributed by atoms with van der Waals surface area (Å²) in [5.41, 5.74) is 1.39.